The quantitative estimate of drug-likeness (QED) is 0.226. The van der Waals surface area contributed by atoms with Crippen LogP contribution in [-0.4, -0.2) is 76.8 Å². The Kier molecular flexibility index (Phi) is 12.9. The van der Waals surface area contributed by atoms with Crippen LogP contribution in [0.3, 0.4) is 0 Å². The van der Waals surface area contributed by atoms with E-state index in [1.165, 1.54) is 0 Å². The van der Waals surface area contributed by atoms with Crippen molar-refractivity contribution >= 4 is 35.8 Å². The van der Waals surface area contributed by atoms with E-state index in [0.29, 0.717) is 12.6 Å². The number of likely N-dealkylation sites (tertiary alicyclic amines) is 1. The Morgan fingerprint density at radius 2 is 1.82 bits per heavy atom. The summed E-state index contributed by atoms with van der Waals surface area (Å²) in [4.78, 5) is 18.6. The number of carbonyl (C=O) groups excluding carboxylic acids is 1. The van der Waals surface area contributed by atoms with Crippen molar-refractivity contribution in [2.45, 2.75) is 51.5 Å². The third-order valence-electron chi connectivity index (χ3n) is 5.95. The molecule has 188 valence electrons. The first-order chi connectivity index (χ1) is 15.3. The fourth-order valence-corrected chi connectivity index (χ4v) is 3.81. The molecule has 3 N–H and O–H groups in total. The molecule has 1 aromatic carbocycles. The van der Waals surface area contributed by atoms with Crippen LogP contribution >= 0.6 is 24.0 Å². The second kappa shape index (κ2) is 14.5. The SMILES string of the molecule is CCCNC(=O)CN1CCC(NC(=NC)NCC(C)(C)c2ccc(OC)c(OC)c2)CC1.I. The molecular formula is C24H42IN5O3. The Balaban J connectivity index is 0.00000544. The van der Waals surface area contributed by atoms with E-state index in [4.69, 9.17) is 9.47 Å². The standard InChI is InChI=1S/C24H41N5O3.HI/c1-7-12-26-22(30)16-29-13-10-19(11-14-29)28-23(25-4)27-17-24(2,3)18-8-9-20(31-5)21(15-18)32-6;/h8-9,15,19H,7,10-14,16-17H2,1-6H3,(H,26,30)(H2,25,27,28);1H. The number of rotatable bonds is 10. The van der Waals surface area contributed by atoms with Crippen molar-refractivity contribution in [2.75, 3.05) is 54.0 Å². The maximum Gasteiger partial charge on any atom is 0.234 e. The molecule has 0 saturated carbocycles. The zero-order chi connectivity index (χ0) is 23.6. The minimum Gasteiger partial charge on any atom is -0.493 e. The third kappa shape index (κ3) is 9.19. The zero-order valence-corrected chi connectivity index (χ0v) is 23.3. The highest BCUT2D eigenvalue weighted by Gasteiger charge is 2.25. The fraction of sp³-hybridized carbons (Fsp3) is 0.667. The van der Waals surface area contributed by atoms with Crippen molar-refractivity contribution < 1.29 is 14.3 Å². The maximum absolute atomic E-state index is 11.9. The summed E-state index contributed by atoms with van der Waals surface area (Å²) >= 11 is 0. The number of guanidine groups is 1. The van der Waals surface area contributed by atoms with E-state index in [2.05, 4.69) is 52.7 Å². The smallest absolute Gasteiger partial charge is 0.234 e. The van der Waals surface area contributed by atoms with Crippen molar-refractivity contribution in [3.05, 3.63) is 23.8 Å². The Morgan fingerprint density at radius 3 is 2.39 bits per heavy atom. The van der Waals surface area contributed by atoms with E-state index in [9.17, 15) is 4.79 Å². The van der Waals surface area contributed by atoms with Gasteiger partial charge in [-0.2, -0.15) is 0 Å². The van der Waals surface area contributed by atoms with Gasteiger partial charge in [-0.25, -0.2) is 0 Å². The average molecular weight is 576 g/mol. The highest BCUT2D eigenvalue weighted by Crippen LogP contribution is 2.32. The molecule has 1 fully saturated rings. The molecule has 33 heavy (non-hydrogen) atoms. The molecule has 1 aliphatic heterocycles. The molecule has 1 saturated heterocycles. The normalized spacial score (nSPS) is 15.4. The first kappa shape index (κ1) is 29.3. The highest BCUT2D eigenvalue weighted by molar-refractivity contribution is 14.0. The molecule has 1 aromatic rings. The summed E-state index contributed by atoms with van der Waals surface area (Å²) in [5, 5.41) is 9.97. The van der Waals surface area contributed by atoms with Gasteiger partial charge in [0, 0.05) is 44.7 Å². The van der Waals surface area contributed by atoms with E-state index in [1.807, 2.05) is 12.1 Å². The lowest BCUT2D eigenvalue weighted by molar-refractivity contribution is -0.122. The molecule has 2 rings (SSSR count). The lowest BCUT2D eigenvalue weighted by atomic mass is 9.84. The predicted molar refractivity (Wildman–Crippen MR) is 145 cm³/mol. The van der Waals surface area contributed by atoms with Crippen LogP contribution < -0.4 is 25.4 Å². The van der Waals surface area contributed by atoms with E-state index in [1.54, 1.807) is 21.3 Å². The van der Waals surface area contributed by atoms with Gasteiger partial charge in [-0.15, -0.1) is 24.0 Å². The summed E-state index contributed by atoms with van der Waals surface area (Å²) in [5.41, 5.74) is 1.03. The fourth-order valence-electron chi connectivity index (χ4n) is 3.81. The van der Waals surface area contributed by atoms with Crippen molar-refractivity contribution in [2.24, 2.45) is 4.99 Å². The largest absolute Gasteiger partial charge is 0.493 e. The van der Waals surface area contributed by atoms with Gasteiger partial charge in [-0.1, -0.05) is 26.8 Å². The summed E-state index contributed by atoms with van der Waals surface area (Å²) in [6.07, 6.45) is 2.94. The molecule has 0 bridgehead atoms. The molecule has 9 heteroatoms. The molecule has 0 atom stereocenters. The van der Waals surface area contributed by atoms with E-state index >= 15 is 0 Å². The summed E-state index contributed by atoms with van der Waals surface area (Å²) in [7, 11) is 5.10. The van der Waals surface area contributed by atoms with Gasteiger partial charge in [0.15, 0.2) is 17.5 Å². The molecule has 1 amide bonds. The number of benzene rings is 1. The minimum absolute atomic E-state index is 0. The molecule has 1 heterocycles. The summed E-state index contributed by atoms with van der Waals surface area (Å²) in [6.45, 7) is 10.2. The minimum atomic E-state index is -0.133. The number of aliphatic imine (C=N–C) groups is 1. The number of halogens is 1. The first-order valence-corrected chi connectivity index (χ1v) is 11.5. The Hall–Kier alpha value is -1.75. The van der Waals surface area contributed by atoms with Crippen LogP contribution in [-0.2, 0) is 10.2 Å². The molecule has 0 radical (unpaired) electrons. The van der Waals surface area contributed by atoms with Gasteiger partial charge in [-0.05, 0) is 37.0 Å². The number of hydrogen-bond acceptors (Lipinski definition) is 5. The number of nitrogens with one attached hydrogen (secondary N) is 3. The number of hydrogen-bond donors (Lipinski definition) is 3. The molecule has 0 spiro atoms. The van der Waals surface area contributed by atoms with Crippen LogP contribution in [0.5, 0.6) is 11.5 Å². The van der Waals surface area contributed by atoms with Crippen LogP contribution in [0.25, 0.3) is 0 Å². The third-order valence-corrected chi connectivity index (χ3v) is 5.95. The predicted octanol–water partition coefficient (Wildman–Crippen LogP) is 2.76. The molecule has 0 aromatic heterocycles. The molecule has 1 aliphatic rings. The van der Waals surface area contributed by atoms with Crippen LogP contribution in [0.15, 0.2) is 23.2 Å². The maximum atomic E-state index is 11.9. The Labute approximate surface area is 216 Å². The molecule has 8 nitrogen and oxygen atoms in total. The van der Waals surface area contributed by atoms with Crippen molar-refractivity contribution in [1.82, 2.24) is 20.9 Å². The monoisotopic (exact) mass is 575 g/mol. The number of carbonyl (C=O) groups is 1. The van der Waals surface area contributed by atoms with Gasteiger partial charge in [0.25, 0.3) is 0 Å². The van der Waals surface area contributed by atoms with Crippen molar-refractivity contribution in [1.29, 1.82) is 0 Å². The van der Waals surface area contributed by atoms with E-state index < -0.39 is 0 Å². The van der Waals surface area contributed by atoms with Crippen LogP contribution in [0, 0.1) is 0 Å². The second-order valence-electron chi connectivity index (χ2n) is 8.92. The van der Waals surface area contributed by atoms with Gasteiger partial charge < -0.3 is 25.4 Å². The number of methoxy groups -OCH3 is 2. The zero-order valence-electron chi connectivity index (χ0n) is 21.0. The summed E-state index contributed by atoms with van der Waals surface area (Å²) in [6, 6.07) is 6.40. The highest BCUT2D eigenvalue weighted by atomic mass is 127. The van der Waals surface area contributed by atoms with E-state index in [-0.39, 0.29) is 35.3 Å². The lowest BCUT2D eigenvalue weighted by Crippen LogP contribution is -2.51. The number of piperidine rings is 1. The molecule has 0 aliphatic carbocycles. The number of ether oxygens (including phenoxy) is 2. The summed E-state index contributed by atoms with van der Waals surface area (Å²) in [5.74, 6) is 2.38. The van der Waals surface area contributed by atoms with Crippen molar-refractivity contribution in [3.63, 3.8) is 0 Å². The second-order valence-corrected chi connectivity index (χ2v) is 8.92. The van der Waals surface area contributed by atoms with Crippen LogP contribution in [0.2, 0.25) is 0 Å². The van der Waals surface area contributed by atoms with Crippen LogP contribution in [0.4, 0.5) is 0 Å². The number of nitrogens with zero attached hydrogens (tertiary/aromatic N) is 2. The van der Waals surface area contributed by atoms with Gasteiger partial charge in [0.05, 0.1) is 20.8 Å². The average Bonchev–Trinajstić information content (AvgIpc) is 2.80. The molecule has 0 unspecified atom stereocenters. The van der Waals surface area contributed by atoms with Crippen LogP contribution in [0.1, 0.15) is 45.6 Å². The Bertz CT molecular complexity index is 764. The van der Waals surface area contributed by atoms with Gasteiger partial charge in [0.1, 0.15) is 0 Å². The summed E-state index contributed by atoms with van der Waals surface area (Å²) < 4.78 is 10.8. The first-order valence-electron chi connectivity index (χ1n) is 11.5. The van der Waals surface area contributed by atoms with Crippen molar-refractivity contribution in [3.8, 4) is 11.5 Å². The topological polar surface area (TPSA) is 87.2 Å². The van der Waals surface area contributed by atoms with Gasteiger partial charge in [-0.3, -0.25) is 14.7 Å². The van der Waals surface area contributed by atoms with Gasteiger partial charge in [0.2, 0.25) is 5.91 Å². The van der Waals surface area contributed by atoms with E-state index in [0.717, 1.165) is 68.5 Å². The molecular weight excluding hydrogens is 533 g/mol. The Morgan fingerprint density at radius 1 is 1.15 bits per heavy atom. The lowest BCUT2D eigenvalue weighted by Gasteiger charge is -2.33. The van der Waals surface area contributed by atoms with Gasteiger partial charge >= 0.3 is 0 Å². The number of amides is 1.